The highest BCUT2D eigenvalue weighted by molar-refractivity contribution is 5.43. The predicted molar refractivity (Wildman–Crippen MR) is 84.2 cm³/mol. The lowest BCUT2D eigenvalue weighted by atomic mass is 10.1. The molecule has 0 spiro atoms. The Morgan fingerprint density at radius 2 is 2.18 bits per heavy atom. The molecule has 1 aromatic heterocycles. The van der Waals surface area contributed by atoms with Gasteiger partial charge < -0.3 is 19.9 Å². The number of H-pyrrole nitrogens is 1. The van der Waals surface area contributed by atoms with Crippen LogP contribution in [0.15, 0.2) is 24.4 Å². The van der Waals surface area contributed by atoms with Crippen molar-refractivity contribution in [2.24, 2.45) is 0 Å². The number of nitrogens with zero attached hydrogens (tertiary/aromatic N) is 1. The first kappa shape index (κ1) is 16.3. The normalized spacial score (nSPS) is 12.2. The Labute approximate surface area is 130 Å². The van der Waals surface area contributed by atoms with Crippen molar-refractivity contribution < 1.29 is 14.6 Å². The van der Waals surface area contributed by atoms with E-state index in [0.717, 1.165) is 23.4 Å². The van der Waals surface area contributed by atoms with Crippen molar-refractivity contribution in [2.75, 3.05) is 20.3 Å². The number of aromatic amines is 1. The van der Waals surface area contributed by atoms with E-state index in [1.807, 2.05) is 31.3 Å². The average Bonchev–Trinajstić information content (AvgIpc) is 2.95. The fraction of sp³-hybridized carbons (Fsp3) is 0.438. The van der Waals surface area contributed by atoms with Crippen LogP contribution < -0.4 is 14.8 Å². The van der Waals surface area contributed by atoms with E-state index in [1.165, 1.54) is 0 Å². The summed E-state index contributed by atoms with van der Waals surface area (Å²) in [7, 11) is 1.61. The minimum absolute atomic E-state index is 0.0209. The summed E-state index contributed by atoms with van der Waals surface area (Å²) in [5.41, 5.74) is 3.33. The Balaban J connectivity index is 2.02. The summed E-state index contributed by atoms with van der Waals surface area (Å²) in [4.78, 5) is 0. The first-order valence-electron chi connectivity index (χ1n) is 7.29. The molecule has 1 atom stereocenters. The molecule has 120 valence electrons. The van der Waals surface area contributed by atoms with Gasteiger partial charge in [0.25, 0.3) is 0 Å². The van der Waals surface area contributed by atoms with Gasteiger partial charge in [0.1, 0.15) is 6.61 Å². The second-order valence-corrected chi connectivity index (χ2v) is 5.11. The molecular weight excluding hydrogens is 282 g/mol. The van der Waals surface area contributed by atoms with Crippen molar-refractivity contribution >= 4 is 0 Å². The van der Waals surface area contributed by atoms with Crippen LogP contribution in [0.3, 0.4) is 0 Å². The molecule has 0 amide bonds. The molecule has 0 bridgehead atoms. The average molecular weight is 305 g/mol. The quantitative estimate of drug-likeness (QED) is 0.694. The van der Waals surface area contributed by atoms with Crippen LogP contribution >= 0.6 is 0 Å². The molecule has 0 aliphatic rings. The van der Waals surface area contributed by atoms with Gasteiger partial charge in [-0.05, 0) is 31.5 Å². The molecule has 6 heteroatoms. The number of ether oxygens (including phenoxy) is 2. The summed E-state index contributed by atoms with van der Waals surface area (Å²) in [6.45, 7) is 5.08. The lowest BCUT2D eigenvalue weighted by molar-refractivity contribution is 0.196. The summed E-state index contributed by atoms with van der Waals surface area (Å²) in [6, 6.07) is 5.97. The molecule has 1 aromatic carbocycles. The zero-order valence-electron chi connectivity index (χ0n) is 13.2. The maximum absolute atomic E-state index is 8.83. The van der Waals surface area contributed by atoms with Gasteiger partial charge in [0, 0.05) is 23.8 Å². The van der Waals surface area contributed by atoms with E-state index in [1.54, 1.807) is 7.11 Å². The highest BCUT2D eigenvalue weighted by Gasteiger charge is 2.11. The number of aliphatic hydroxyl groups excluding tert-OH is 1. The van der Waals surface area contributed by atoms with E-state index in [4.69, 9.17) is 14.6 Å². The molecule has 1 heterocycles. The van der Waals surface area contributed by atoms with E-state index in [2.05, 4.69) is 22.4 Å². The first-order chi connectivity index (χ1) is 10.7. The third kappa shape index (κ3) is 3.99. The Hall–Kier alpha value is -2.05. The van der Waals surface area contributed by atoms with Crippen LogP contribution in [-0.2, 0) is 6.54 Å². The van der Waals surface area contributed by atoms with Crippen LogP contribution in [0.25, 0.3) is 0 Å². The Kier molecular flexibility index (Phi) is 5.80. The SMILES string of the molecule is COc1cc([C@H](C)NCc2cn[nH]c2C)ccc1OCCO. The first-order valence-corrected chi connectivity index (χ1v) is 7.29. The number of aromatic nitrogens is 2. The smallest absolute Gasteiger partial charge is 0.161 e. The molecule has 22 heavy (non-hydrogen) atoms. The van der Waals surface area contributed by atoms with Crippen LogP contribution in [0, 0.1) is 6.92 Å². The standard InChI is InChI=1S/C16H23N3O3/c1-11(17-9-14-10-18-19-12(14)2)13-4-5-15(22-7-6-20)16(8-13)21-3/h4-5,8,10-11,17,20H,6-7,9H2,1-3H3,(H,18,19)/t11-/m0/s1. The molecule has 0 saturated heterocycles. The van der Waals surface area contributed by atoms with Crippen molar-refractivity contribution in [1.82, 2.24) is 15.5 Å². The third-order valence-corrected chi connectivity index (χ3v) is 3.57. The number of hydrogen-bond acceptors (Lipinski definition) is 5. The molecule has 0 aliphatic heterocycles. The van der Waals surface area contributed by atoms with Crippen LogP contribution in [0.2, 0.25) is 0 Å². The zero-order valence-corrected chi connectivity index (χ0v) is 13.2. The topological polar surface area (TPSA) is 79.4 Å². The van der Waals surface area contributed by atoms with Crippen molar-refractivity contribution in [2.45, 2.75) is 26.4 Å². The zero-order chi connectivity index (χ0) is 15.9. The second kappa shape index (κ2) is 7.82. The maximum Gasteiger partial charge on any atom is 0.161 e. The van der Waals surface area contributed by atoms with Gasteiger partial charge in [0.2, 0.25) is 0 Å². The molecule has 3 N–H and O–H groups in total. The summed E-state index contributed by atoms with van der Waals surface area (Å²) >= 11 is 0. The number of aliphatic hydroxyl groups is 1. The van der Waals surface area contributed by atoms with Gasteiger partial charge >= 0.3 is 0 Å². The number of nitrogens with one attached hydrogen (secondary N) is 2. The molecule has 0 fully saturated rings. The summed E-state index contributed by atoms with van der Waals surface area (Å²) < 4.78 is 10.8. The molecule has 0 unspecified atom stereocenters. The molecule has 0 aliphatic carbocycles. The van der Waals surface area contributed by atoms with E-state index in [0.29, 0.717) is 11.5 Å². The van der Waals surface area contributed by atoms with Gasteiger partial charge in [-0.3, -0.25) is 5.10 Å². The molecular formula is C16H23N3O3. The van der Waals surface area contributed by atoms with Gasteiger partial charge in [0.05, 0.1) is 19.9 Å². The molecule has 0 radical (unpaired) electrons. The van der Waals surface area contributed by atoms with E-state index >= 15 is 0 Å². The van der Waals surface area contributed by atoms with Gasteiger partial charge in [-0.2, -0.15) is 5.10 Å². The van der Waals surface area contributed by atoms with Gasteiger partial charge in [-0.1, -0.05) is 6.07 Å². The highest BCUT2D eigenvalue weighted by atomic mass is 16.5. The van der Waals surface area contributed by atoms with Crippen LogP contribution in [0.1, 0.15) is 29.8 Å². The fourth-order valence-corrected chi connectivity index (χ4v) is 2.16. The van der Waals surface area contributed by atoms with Gasteiger partial charge in [-0.15, -0.1) is 0 Å². The van der Waals surface area contributed by atoms with Crippen molar-refractivity contribution in [3.63, 3.8) is 0 Å². The molecule has 2 aromatic rings. The minimum atomic E-state index is -0.0209. The van der Waals surface area contributed by atoms with Crippen LogP contribution in [-0.4, -0.2) is 35.6 Å². The summed E-state index contributed by atoms with van der Waals surface area (Å²) in [6.07, 6.45) is 1.83. The van der Waals surface area contributed by atoms with Crippen LogP contribution in [0.5, 0.6) is 11.5 Å². The van der Waals surface area contributed by atoms with E-state index in [9.17, 15) is 0 Å². The number of methoxy groups -OCH3 is 1. The van der Waals surface area contributed by atoms with Gasteiger partial charge in [-0.25, -0.2) is 0 Å². The van der Waals surface area contributed by atoms with Crippen molar-refractivity contribution in [3.05, 3.63) is 41.2 Å². The Bertz CT molecular complexity index is 598. The van der Waals surface area contributed by atoms with E-state index < -0.39 is 0 Å². The predicted octanol–water partition coefficient (Wildman–Crippen LogP) is 1.95. The third-order valence-electron chi connectivity index (χ3n) is 3.57. The Morgan fingerprint density at radius 1 is 1.36 bits per heavy atom. The molecule has 6 nitrogen and oxygen atoms in total. The Morgan fingerprint density at radius 3 is 2.82 bits per heavy atom. The van der Waals surface area contributed by atoms with Gasteiger partial charge in [0.15, 0.2) is 11.5 Å². The lowest BCUT2D eigenvalue weighted by Gasteiger charge is -2.17. The van der Waals surface area contributed by atoms with E-state index in [-0.39, 0.29) is 19.3 Å². The maximum atomic E-state index is 8.83. The van der Waals surface area contributed by atoms with Crippen molar-refractivity contribution in [3.8, 4) is 11.5 Å². The fourth-order valence-electron chi connectivity index (χ4n) is 2.16. The van der Waals surface area contributed by atoms with Crippen molar-refractivity contribution in [1.29, 1.82) is 0 Å². The highest BCUT2D eigenvalue weighted by Crippen LogP contribution is 2.30. The second-order valence-electron chi connectivity index (χ2n) is 5.11. The number of hydrogen-bond donors (Lipinski definition) is 3. The number of benzene rings is 1. The van der Waals surface area contributed by atoms with Crippen LogP contribution in [0.4, 0.5) is 0 Å². The number of aryl methyl sites for hydroxylation is 1. The largest absolute Gasteiger partial charge is 0.493 e. The monoisotopic (exact) mass is 305 g/mol. The lowest BCUT2D eigenvalue weighted by Crippen LogP contribution is -2.18. The number of rotatable bonds is 8. The minimum Gasteiger partial charge on any atom is -0.493 e. The summed E-state index contributed by atoms with van der Waals surface area (Å²) in [5.74, 6) is 1.30. The molecule has 2 rings (SSSR count). The summed E-state index contributed by atoms with van der Waals surface area (Å²) in [5, 5.41) is 19.2. The molecule has 0 saturated carbocycles.